The summed E-state index contributed by atoms with van der Waals surface area (Å²) in [6.07, 6.45) is 11.1. The van der Waals surface area contributed by atoms with Crippen LogP contribution in [-0.4, -0.2) is 26.7 Å². The van der Waals surface area contributed by atoms with E-state index in [1.807, 2.05) is 12.4 Å². The van der Waals surface area contributed by atoms with Gasteiger partial charge in [-0.15, -0.1) is 0 Å². The van der Waals surface area contributed by atoms with Gasteiger partial charge in [-0.2, -0.15) is 0 Å². The van der Waals surface area contributed by atoms with Crippen LogP contribution in [0.5, 0.6) is 0 Å². The van der Waals surface area contributed by atoms with E-state index >= 15 is 0 Å². The number of nitrogens with one attached hydrogen (secondary N) is 1. The van der Waals surface area contributed by atoms with Crippen LogP contribution >= 0.6 is 0 Å². The maximum atomic E-state index is 11.5. The first-order valence-corrected chi connectivity index (χ1v) is 8.18. The highest BCUT2D eigenvalue weighted by atomic mass is 16.4. The van der Waals surface area contributed by atoms with Crippen molar-refractivity contribution in [2.24, 2.45) is 5.92 Å². The van der Waals surface area contributed by atoms with Crippen molar-refractivity contribution in [1.82, 2.24) is 14.9 Å². The topological polar surface area (TPSA) is 67.2 Å². The molecule has 2 atom stereocenters. The zero-order valence-electron chi connectivity index (χ0n) is 12.9. The van der Waals surface area contributed by atoms with Gasteiger partial charge in [-0.25, -0.2) is 4.98 Å². The third-order valence-corrected chi connectivity index (χ3v) is 4.37. The van der Waals surface area contributed by atoms with Gasteiger partial charge in [-0.05, 0) is 19.3 Å². The average Bonchev–Trinajstić information content (AvgIpc) is 2.85. The van der Waals surface area contributed by atoms with E-state index in [4.69, 9.17) is 0 Å². The highest BCUT2D eigenvalue weighted by Crippen LogP contribution is 2.23. The molecule has 1 aliphatic carbocycles. The van der Waals surface area contributed by atoms with Gasteiger partial charge in [0.1, 0.15) is 5.82 Å². The molecule has 0 spiro atoms. The molecule has 2 N–H and O–H groups in total. The minimum atomic E-state index is -0.661. The molecule has 2 rings (SSSR count). The number of rotatable bonds is 6. The van der Waals surface area contributed by atoms with E-state index in [2.05, 4.69) is 21.8 Å². The van der Waals surface area contributed by atoms with Crippen LogP contribution in [0.25, 0.3) is 0 Å². The van der Waals surface area contributed by atoms with Gasteiger partial charge in [0.25, 0.3) is 0 Å². The SMILES string of the molecule is CCCn1ccnc1CN[C@@H]1CCCCCC[C@@H]1C(=O)O. The number of aliphatic carboxylic acids is 1. The van der Waals surface area contributed by atoms with Crippen molar-refractivity contribution in [3.05, 3.63) is 18.2 Å². The molecule has 0 bridgehead atoms. The lowest BCUT2D eigenvalue weighted by atomic mass is 9.87. The number of hydrogen-bond acceptors (Lipinski definition) is 3. The van der Waals surface area contributed by atoms with E-state index in [1.165, 1.54) is 6.42 Å². The molecular weight excluding hydrogens is 266 g/mol. The van der Waals surface area contributed by atoms with E-state index < -0.39 is 5.97 Å². The molecule has 1 saturated carbocycles. The second-order valence-electron chi connectivity index (χ2n) is 5.96. The van der Waals surface area contributed by atoms with Crippen molar-refractivity contribution >= 4 is 5.97 Å². The number of carboxylic acids is 1. The van der Waals surface area contributed by atoms with E-state index in [0.29, 0.717) is 6.54 Å². The van der Waals surface area contributed by atoms with Crippen molar-refractivity contribution in [3.8, 4) is 0 Å². The van der Waals surface area contributed by atoms with E-state index in [-0.39, 0.29) is 12.0 Å². The normalized spacial score (nSPS) is 23.5. The van der Waals surface area contributed by atoms with Crippen molar-refractivity contribution in [1.29, 1.82) is 0 Å². The van der Waals surface area contributed by atoms with Gasteiger partial charge in [-0.1, -0.05) is 32.6 Å². The van der Waals surface area contributed by atoms with Gasteiger partial charge < -0.3 is 15.0 Å². The van der Waals surface area contributed by atoms with Gasteiger partial charge in [0.15, 0.2) is 0 Å². The number of imidazole rings is 1. The lowest BCUT2D eigenvalue weighted by Crippen LogP contribution is -2.41. The summed E-state index contributed by atoms with van der Waals surface area (Å²) in [5.41, 5.74) is 0. The quantitative estimate of drug-likeness (QED) is 0.846. The summed E-state index contributed by atoms with van der Waals surface area (Å²) < 4.78 is 2.14. The predicted octanol–water partition coefficient (Wildman–Crippen LogP) is 2.81. The fourth-order valence-corrected chi connectivity index (χ4v) is 3.20. The van der Waals surface area contributed by atoms with Crippen LogP contribution in [0.4, 0.5) is 0 Å². The molecule has 1 fully saturated rings. The lowest BCUT2D eigenvalue weighted by Gasteiger charge is -2.27. The molecule has 1 aromatic heterocycles. The maximum Gasteiger partial charge on any atom is 0.308 e. The van der Waals surface area contributed by atoms with Crippen LogP contribution in [0.2, 0.25) is 0 Å². The fourth-order valence-electron chi connectivity index (χ4n) is 3.20. The Balaban J connectivity index is 1.97. The van der Waals surface area contributed by atoms with Crippen LogP contribution in [0, 0.1) is 5.92 Å². The van der Waals surface area contributed by atoms with E-state index in [1.54, 1.807) is 0 Å². The number of aromatic nitrogens is 2. The van der Waals surface area contributed by atoms with Gasteiger partial charge in [0.05, 0.1) is 12.5 Å². The van der Waals surface area contributed by atoms with Crippen LogP contribution in [0.1, 0.15) is 57.7 Å². The summed E-state index contributed by atoms with van der Waals surface area (Å²) in [7, 11) is 0. The molecule has 0 aromatic carbocycles. The summed E-state index contributed by atoms with van der Waals surface area (Å²) in [4.78, 5) is 15.9. The first kappa shape index (κ1) is 16.0. The van der Waals surface area contributed by atoms with Crippen LogP contribution in [0.15, 0.2) is 12.4 Å². The van der Waals surface area contributed by atoms with Gasteiger partial charge in [0, 0.05) is 25.0 Å². The average molecular weight is 293 g/mol. The highest BCUT2D eigenvalue weighted by Gasteiger charge is 2.28. The summed E-state index contributed by atoms with van der Waals surface area (Å²) in [5.74, 6) is 0.0780. The minimum absolute atomic E-state index is 0.0644. The summed E-state index contributed by atoms with van der Waals surface area (Å²) in [6, 6.07) is 0.0644. The molecule has 0 amide bonds. The second kappa shape index (κ2) is 8.17. The predicted molar refractivity (Wildman–Crippen MR) is 82.0 cm³/mol. The van der Waals surface area contributed by atoms with Crippen molar-refractivity contribution in [2.75, 3.05) is 0 Å². The Morgan fingerprint density at radius 3 is 2.86 bits per heavy atom. The molecule has 21 heavy (non-hydrogen) atoms. The molecule has 1 aromatic rings. The van der Waals surface area contributed by atoms with Crippen molar-refractivity contribution in [3.63, 3.8) is 0 Å². The smallest absolute Gasteiger partial charge is 0.308 e. The van der Waals surface area contributed by atoms with Crippen molar-refractivity contribution < 1.29 is 9.90 Å². The Hall–Kier alpha value is -1.36. The standard InChI is InChI=1S/C16H27N3O2/c1-2-10-19-11-9-17-15(19)12-18-14-8-6-4-3-5-7-13(14)16(20)21/h9,11,13-14,18H,2-8,10,12H2,1H3,(H,20,21)/t13-,14+/m0/s1. The minimum Gasteiger partial charge on any atom is -0.481 e. The number of carboxylic acid groups (broad SMARTS) is 1. The molecule has 1 aliphatic rings. The van der Waals surface area contributed by atoms with Gasteiger partial charge >= 0.3 is 5.97 Å². The fraction of sp³-hybridized carbons (Fsp3) is 0.750. The Labute approximate surface area is 126 Å². The van der Waals surface area contributed by atoms with E-state index in [0.717, 1.165) is 50.9 Å². The van der Waals surface area contributed by atoms with Gasteiger partial charge in [0.2, 0.25) is 0 Å². The molecule has 0 aliphatic heterocycles. The summed E-state index contributed by atoms with van der Waals surface area (Å²) in [5, 5.41) is 12.9. The number of hydrogen-bond donors (Lipinski definition) is 2. The van der Waals surface area contributed by atoms with Gasteiger partial charge in [-0.3, -0.25) is 4.79 Å². The first-order chi connectivity index (χ1) is 10.2. The Kier molecular flexibility index (Phi) is 6.23. The Morgan fingerprint density at radius 1 is 1.38 bits per heavy atom. The number of carbonyl (C=O) groups is 1. The molecule has 5 nitrogen and oxygen atoms in total. The number of aryl methyl sites for hydroxylation is 1. The monoisotopic (exact) mass is 293 g/mol. The van der Waals surface area contributed by atoms with Crippen LogP contribution < -0.4 is 5.32 Å². The third kappa shape index (κ3) is 4.56. The van der Waals surface area contributed by atoms with Crippen LogP contribution in [-0.2, 0) is 17.9 Å². The largest absolute Gasteiger partial charge is 0.481 e. The summed E-state index contributed by atoms with van der Waals surface area (Å²) in [6.45, 7) is 3.76. The zero-order chi connectivity index (χ0) is 15.1. The van der Waals surface area contributed by atoms with E-state index in [9.17, 15) is 9.90 Å². The maximum absolute atomic E-state index is 11.5. The molecular formula is C16H27N3O2. The zero-order valence-corrected chi connectivity index (χ0v) is 12.9. The molecule has 5 heteroatoms. The van der Waals surface area contributed by atoms with Crippen molar-refractivity contribution in [2.45, 2.75) is 71.0 Å². The summed E-state index contributed by atoms with van der Waals surface area (Å²) >= 11 is 0. The second-order valence-corrected chi connectivity index (χ2v) is 5.96. The Morgan fingerprint density at radius 2 is 2.14 bits per heavy atom. The molecule has 1 heterocycles. The molecule has 0 saturated heterocycles. The van der Waals surface area contributed by atoms with Crippen LogP contribution in [0.3, 0.4) is 0 Å². The third-order valence-electron chi connectivity index (χ3n) is 4.37. The Bertz CT molecular complexity index is 444. The molecule has 0 unspecified atom stereocenters. The number of nitrogens with zero attached hydrogens (tertiary/aromatic N) is 2. The first-order valence-electron chi connectivity index (χ1n) is 8.18. The molecule has 0 radical (unpaired) electrons. The highest BCUT2D eigenvalue weighted by molar-refractivity contribution is 5.70. The molecule has 118 valence electrons. The lowest BCUT2D eigenvalue weighted by molar-refractivity contribution is -0.143.